The van der Waals surface area contributed by atoms with Crippen LogP contribution in [0.15, 0.2) is 69.6 Å². The Kier molecular flexibility index (Phi) is 7.79. The molecule has 1 heterocycles. The van der Waals surface area contributed by atoms with Crippen LogP contribution in [0, 0.1) is 22.7 Å². The van der Waals surface area contributed by atoms with Crippen molar-refractivity contribution in [2.75, 3.05) is 16.0 Å². The summed E-state index contributed by atoms with van der Waals surface area (Å²) in [5, 5.41) is 27.7. The van der Waals surface area contributed by atoms with Gasteiger partial charge in [0.15, 0.2) is 0 Å². The van der Waals surface area contributed by atoms with Gasteiger partial charge in [-0.25, -0.2) is 0 Å². The number of rotatable bonds is 7. The summed E-state index contributed by atoms with van der Waals surface area (Å²) in [7, 11) is 0. The maximum absolute atomic E-state index is 9.05. The van der Waals surface area contributed by atoms with E-state index in [2.05, 4.69) is 101 Å². The van der Waals surface area contributed by atoms with Crippen molar-refractivity contribution in [3.63, 3.8) is 0 Å². The summed E-state index contributed by atoms with van der Waals surface area (Å²) in [6.07, 6.45) is 0. The second-order valence-corrected chi connectivity index (χ2v) is 9.78. The molecular formula is C26H20Br2N8. The van der Waals surface area contributed by atoms with Gasteiger partial charge >= 0.3 is 0 Å². The zero-order valence-corrected chi connectivity index (χ0v) is 22.5. The predicted molar refractivity (Wildman–Crippen MR) is 148 cm³/mol. The van der Waals surface area contributed by atoms with E-state index in [-0.39, 0.29) is 0 Å². The van der Waals surface area contributed by atoms with Crippen LogP contribution in [0.2, 0.25) is 0 Å². The van der Waals surface area contributed by atoms with Crippen LogP contribution in [-0.4, -0.2) is 15.0 Å². The number of nitrogens with one attached hydrogen (secondary N) is 3. The molecule has 0 aliphatic carbocycles. The second-order valence-electron chi connectivity index (χ2n) is 8.07. The number of halogens is 2. The summed E-state index contributed by atoms with van der Waals surface area (Å²) in [5.74, 6) is 1.30. The lowest BCUT2D eigenvalue weighted by Crippen LogP contribution is -2.08. The van der Waals surface area contributed by atoms with Crippen molar-refractivity contribution in [3.8, 4) is 12.1 Å². The van der Waals surface area contributed by atoms with E-state index >= 15 is 0 Å². The van der Waals surface area contributed by atoms with Crippen molar-refractivity contribution in [1.29, 1.82) is 10.5 Å². The van der Waals surface area contributed by atoms with Gasteiger partial charge in [-0.3, -0.25) is 0 Å². The highest BCUT2D eigenvalue weighted by Crippen LogP contribution is 2.36. The highest BCUT2D eigenvalue weighted by molar-refractivity contribution is 9.11. The third-order valence-electron chi connectivity index (χ3n) is 5.14. The quantitative estimate of drug-likeness (QED) is 0.198. The molecule has 0 radical (unpaired) electrons. The minimum absolute atomic E-state index is 0.305. The van der Waals surface area contributed by atoms with Gasteiger partial charge in [-0.15, -0.1) is 0 Å². The Balaban J connectivity index is 1.69. The van der Waals surface area contributed by atoms with Gasteiger partial charge in [-0.1, -0.05) is 13.8 Å². The molecule has 0 unspecified atom stereocenters. The van der Waals surface area contributed by atoms with Crippen molar-refractivity contribution in [3.05, 3.63) is 86.3 Å². The average molecular weight is 604 g/mol. The molecule has 3 N–H and O–H groups in total. The molecule has 0 aliphatic rings. The first-order valence-electron chi connectivity index (χ1n) is 10.9. The Morgan fingerprint density at radius 3 is 1.42 bits per heavy atom. The summed E-state index contributed by atoms with van der Waals surface area (Å²) in [5.41, 5.74) is 4.52. The number of hydrogen-bond acceptors (Lipinski definition) is 8. The molecule has 0 spiro atoms. The van der Waals surface area contributed by atoms with Gasteiger partial charge in [0.1, 0.15) is 0 Å². The molecule has 0 atom stereocenters. The Labute approximate surface area is 225 Å². The van der Waals surface area contributed by atoms with Crippen LogP contribution in [0.25, 0.3) is 0 Å². The summed E-state index contributed by atoms with van der Waals surface area (Å²) in [6, 6.07) is 22.3. The number of aromatic nitrogens is 3. The van der Waals surface area contributed by atoms with Crippen LogP contribution in [0.5, 0.6) is 0 Å². The molecule has 0 aliphatic heterocycles. The Bertz CT molecular complexity index is 1370. The molecule has 3 aromatic carbocycles. The maximum Gasteiger partial charge on any atom is 0.233 e. The van der Waals surface area contributed by atoms with E-state index in [1.54, 1.807) is 48.5 Å². The van der Waals surface area contributed by atoms with Gasteiger partial charge in [0, 0.05) is 20.3 Å². The molecule has 10 heteroatoms. The van der Waals surface area contributed by atoms with Crippen molar-refractivity contribution in [1.82, 2.24) is 15.0 Å². The fourth-order valence-electron chi connectivity index (χ4n) is 3.22. The third-order valence-corrected chi connectivity index (χ3v) is 6.39. The topological polar surface area (TPSA) is 122 Å². The van der Waals surface area contributed by atoms with E-state index in [4.69, 9.17) is 10.5 Å². The fraction of sp³-hybridized carbons (Fsp3) is 0.115. The normalized spacial score (nSPS) is 10.4. The molecular weight excluding hydrogens is 584 g/mol. The van der Waals surface area contributed by atoms with Crippen LogP contribution in [0.3, 0.4) is 0 Å². The van der Waals surface area contributed by atoms with Gasteiger partial charge in [-0.05, 0) is 104 Å². The molecule has 0 bridgehead atoms. The number of benzene rings is 3. The van der Waals surface area contributed by atoms with Crippen LogP contribution < -0.4 is 16.0 Å². The van der Waals surface area contributed by atoms with E-state index in [9.17, 15) is 0 Å². The molecule has 1 aromatic heterocycles. The van der Waals surface area contributed by atoms with E-state index in [1.807, 2.05) is 0 Å². The SMILES string of the molecule is CC(C)c1cc(Br)c(Nc2nc(Nc3ccc(C#N)cc3)nc(Nc3ccc(C#N)cc3)n2)c(Br)c1. The summed E-state index contributed by atoms with van der Waals surface area (Å²) in [6.45, 7) is 4.27. The first-order valence-corrected chi connectivity index (χ1v) is 12.5. The zero-order chi connectivity index (χ0) is 25.7. The Morgan fingerprint density at radius 2 is 1.06 bits per heavy atom. The third kappa shape index (κ3) is 6.16. The maximum atomic E-state index is 9.05. The van der Waals surface area contributed by atoms with E-state index < -0.39 is 0 Å². The van der Waals surface area contributed by atoms with Gasteiger partial charge in [0.2, 0.25) is 17.8 Å². The minimum Gasteiger partial charge on any atom is -0.324 e. The van der Waals surface area contributed by atoms with Crippen LogP contribution in [0.1, 0.15) is 36.5 Å². The van der Waals surface area contributed by atoms with Gasteiger partial charge < -0.3 is 16.0 Å². The molecule has 0 saturated carbocycles. The highest BCUT2D eigenvalue weighted by atomic mass is 79.9. The molecule has 8 nitrogen and oxygen atoms in total. The lowest BCUT2D eigenvalue weighted by Gasteiger charge is -2.15. The monoisotopic (exact) mass is 602 g/mol. The highest BCUT2D eigenvalue weighted by Gasteiger charge is 2.14. The van der Waals surface area contributed by atoms with Crippen LogP contribution in [0.4, 0.5) is 34.9 Å². The largest absolute Gasteiger partial charge is 0.324 e. The van der Waals surface area contributed by atoms with Gasteiger partial charge in [0.05, 0.1) is 29.0 Å². The molecule has 178 valence electrons. The molecule has 0 fully saturated rings. The lowest BCUT2D eigenvalue weighted by molar-refractivity contribution is 0.865. The number of nitriles is 2. The average Bonchev–Trinajstić information content (AvgIpc) is 2.87. The summed E-state index contributed by atoms with van der Waals surface area (Å²) in [4.78, 5) is 13.6. The van der Waals surface area contributed by atoms with E-state index in [0.29, 0.717) is 34.9 Å². The number of hydrogen-bond donors (Lipinski definition) is 3. The standard InChI is InChI=1S/C26H20Br2N8/c1-15(2)18-11-21(27)23(22(28)12-18)33-26-35-24(31-19-7-3-16(13-29)4-8-19)34-25(36-26)32-20-9-5-17(14-30)6-10-20/h3-12,15H,1-2H3,(H3,31,32,33,34,35,36). The van der Waals surface area contributed by atoms with Crippen molar-refractivity contribution in [2.24, 2.45) is 0 Å². The molecule has 0 amide bonds. The van der Waals surface area contributed by atoms with Crippen molar-refractivity contribution in [2.45, 2.75) is 19.8 Å². The van der Waals surface area contributed by atoms with E-state index in [0.717, 1.165) is 26.0 Å². The number of anilines is 6. The summed E-state index contributed by atoms with van der Waals surface area (Å²) < 4.78 is 1.73. The molecule has 36 heavy (non-hydrogen) atoms. The van der Waals surface area contributed by atoms with Crippen molar-refractivity contribution < 1.29 is 0 Å². The van der Waals surface area contributed by atoms with Crippen molar-refractivity contribution >= 4 is 66.8 Å². The predicted octanol–water partition coefficient (Wildman–Crippen LogP) is 7.49. The van der Waals surface area contributed by atoms with E-state index in [1.165, 1.54) is 5.56 Å². The van der Waals surface area contributed by atoms with Gasteiger partial charge in [-0.2, -0.15) is 25.5 Å². The lowest BCUT2D eigenvalue weighted by atomic mass is 10.0. The second kappa shape index (κ2) is 11.2. The van der Waals surface area contributed by atoms with Gasteiger partial charge in [0.25, 0.3) is 0 Å². The molecule has 4 aromatic rings. The van der Waals surface area contributed by atoms with Crippen LogP contribution >= 0.6 is 31.9 Å². The molecule has 4 rings (SSSR count). The smallest absolute Gasteiger partial charge is 0.233 e. The van der Waals surface area contributed by atoms with Crippen LogP contribution in [-0.2, 0) is 0 Å². The molecule has 0 saturated heterocycles. The first kappa shape index (κ1) is 25.1. The summed E-state index contributed by atoms with van der Waals surface area (Å²) >= 11 is 7.30. The fourth-order valence-corrected chi connectivity index (χ4v) is 4.64. The number of nitrogens with zero attached hydrogens (tertiary/aromatic N) is 5. The Hall–Kier alpha value is -3.99. The Morgan fingerprint density at radius 1 is 0.667 bits per heavy atom. The first-order chi connectivity index (χ1) is 17.3. The zero-order valence-electron chi connectivity index (χ0n) is 19.3. The minimum atomic E-state index is 0.305.